The highest BCUT2D eigenvalue weighted by atomic mass is 35.5. The predicted molar refractivity (Wildman–Crippen MR) is 63.6 cm³/mol. The summed E-state index contributed by atoms with van der Waals surface area (Å²) in [6.07, 6.45) is -0.676. The third-order valence-corrected chi connectivity index (χ3v) is 2.20. The third-order valence-electron chi connectivity index (χ3n) is 2.20. The van der Waals surface area contributed by atoms with Crippen LogP contribution in [0.2, 0.25) is 0 Å². The van der Waals surface area contributed by atoms with Crippen molar-refractivity contribution in [2.45, 2.75) is 26.0 Å². The van der Waals surface area contributed by atoms with Gasteiger partial charge in [0.15, 0.2) is 0 Å². The van der Waals surface area contributed by atoms with Gasteiger partial charge in [0.05, 0.1) is 13.2 Å². The normalized spacial score (nSPS) is 13.9. The van der Waals surface area contributed by atoms with Crippen molar-refractivity contribution in [2.24, 2.45) is 5.73 Å². The van der Waals surface area contributed by atoms with Gasteiger partial charge in [-0.15, -0.1) is 12.4 Å². The van der Waals surface area contributed by atoms with Crippen LogP contribution >= 0.6 is 12.4 Å². The Morgan fingerprint density at radius 1 is 1.40 bits per heavy atom. The van der Waals surface area contributed by atoms with E-state index in [1.165, 1.54) is 0 Å². The summed E-state index contributed by atoms with van der Waals surface area (Å²) in [6.45, 7) is 3.74. The molecule has 0 fully saturated rings. The van der Waals surface area contributed by atoms with Gasteiger partial charge in [0, 0.05) is 11.6 Å². The molecule has 0 aliphatic rings. The molecule has 3 nitrogen and oxygen atoms in total. The maximum atomic E-state index is 9.83. The Balaban J connectivity index is 0.00000196. The van der Waals surface area contributed by atoms with E-state index in [4.69, 9.17) is 10.5 Å². The van der Waals surface area contributed by atoms with Crippen molar-refractivity contribution < 1.29 is 9.84 Å². The fourth-order valence-electron chi connectivity index (χ4n) is 1.37. The van der Waals surface area contributed by atoms with E-state index in [-0.39, 0.29) is 18.4 Å². The number of hydrogen-bond acceptors (Lipinski definition) is 3. The molecule has 0 saturated carbocycles. The van der Waals surface area contributed by atoms with Gasteiger partial charge >= 0.3 is 0 Å². The van der Waals surface area contributed by atoms with E-state index in [0.717, 1.165) is 11.1 Å². The fourth-order valence-corrected chi connectivity index (χ4v) is 1.37. The largest absolute Gasteiger partial charge is 0.496 e. The molecule has 3 N–H and O–H groups in total. The van der Waals surface area contributed by atoms with Gasteiger partial charge in [0.25, 0.3) is 0 Å². The van der Waals surface area contributed by atoms with Crippen LogP contribution in [-0.2, 0) is 0 Å². The van der Waals surface area contributed by atoms with Crippen molar-refractivity contribution in [3.05, 3.63) is 29.3 Å². The Morgan fingerprint density at radius 3 is 2.47 bits per heavy atom. The number of aryl methyl sites for hydroxylation is 1. The van der Waals surface area contributed by atoms with Gasteiger partial charge in [-0.05, 0) is 26.0 Å². The van der Waals surface area contributed by atoms with Crippen molar-refractivity contribution in [2.75, 3.05) is 7.11 Å². The highest BCUT2D eigenvalue weighted by molar-refractivity contribution is 5.85. The number of aliphatic hydroxyl groups excluding tert-OH is 1. The first-order chi connectivity index (χ1) is 6.56. The molecule has 0 radical (unpaired) electrons. The van der Waals surface area contributed by atoms with Crippen LogP contribution in [0, 0.1) is 6.92 Å². The fraction of sp³-hybridized carbons (Fsp3) is 0.455. The maximum absolute atomic E-state index is 9.83. The Morgan fingerprint density at radius 2 is 2.00 bits per heavy atom. The Kier molecular flexibility index (Phi) is 5.65. The molecule has 0 saturated heterocycles. The van der Waals surface area contributed by atoms with Crippen LogP contribution in [0.25, 0.3) is 0 Å². The zero-order valence-electron chi connectivity index (χ0n) is 9.23. The van der Waals surface area contributed by atoms with E-state index in [9.17, 15) is 5.11 Å². The van der Waals surface area contributed by atoms with Crippen LogP contribution in [0.1, 0.15) is 24.2 Å². The SMILES string of the molecule is COc1ccc(C)cc1C(O)C(C)N.Cl. The number of hydrogen-bond donors (Lipinski definition) is 2. The van der Waals surface area contributed by atoms with E-state index in [1.807, 2.05) is 25.1 Å². The van der Waals surface area contributed by atoms with Crippen LogP contribution in [-0.4, -0.2) is 18.3 Å². The first-order valence-corrected chi connectivity index (χ1v) is 4.64. The molecule has 0 aromatic heterocycles. The molecule has 15 heavy (non-hydrogen) atoms. The average molecular weight is 232 g/mol. The van der Waals surface area contributed by atoms with E-state index >= 15 is 0 Å². The monoisotopic (exact) mass is 231 g/mol. The molecule has 0 heterocycles. The molecule has 2 atom stereocenters. The molecule has 0 bridgehead atoms. The quantitative estimate of drug-likeness (QED) is 0.834. The van der Waals surface area contributed by atoms with E-state index in [2.05, 4.69) is 0 Å². The molecular formula is C11H18ClNO2. The molecule has 1 rings (SSSR count). The summed E-state index contributed by atoms with van der Waals surface area (Å²) in [5, 5.41) is 9.83. The van der Waals surface area contributed by atoms with E-state index in [1.54, 1.807) is 14.0 Å². The topological polar surface area (TPSA) is 55.5 Å². The van der Waals surface area contributed by atoms with Crippen molar-refractivity contribution in [1.82, 2.24) is 0 Å². The van der Waals surface area contributed by atoms with Gasteiger partial charge in [0.1, 0.15) is 5.75 Å². The van der Waals surface area contributed by atoms with Crippen molar-refractivity contribution in [3.8, 4) is 5.75 Å². The number of ether oxygens (including phenoxy) is 1. The van der Waals surface area contributed by atoms with Gasteiger partial charge in [-0.2, -0.15) is 0 Å². The lowest BCUT2D eigenvalue weighted by Crippen LogP contribution is -2.24. The van der Waals surface area contributed by atoms with Gasteiger partial charge in [-0.3, -0.25) is 0 Å². The summed E-state index contributed by atoms with van der Waals surface area (Å²) in [5.41, 5.74) is 7.47. The number of methoxy groups -OCH3 is 1. The number of rotatable bonds is 3. The first-order valence-electron chi connectivity index (χ1n) is 4.64. The highest BCUT2D eigenvalue weighted by Gasteiger charge is 2.16. The summed E-state index contributed by atoms with van der Waals surface area (Å²) < 4.78 is 5.16. The predicted octanol–water partition coefficient (Wildman–Crippen LogP) is 1.81. The minimum absolute atomic E-state index is 0. The summed E-state index contributed by atoms with van der Waals surface area (Å²) in [5.74, 6) is 0.681. The van der Waals surface area contributed by atoms with Crippen LogP contribution in [0.3, 0.4) is 0 Å². The number of halogens is 1. The highest BCUT2D eigenvalue weighted by Crippen LogP contribution is 2.27. The lowest BCUT2D eigenvalue weighted by atomic mass is 10.0. The number of nitrogens with two attached hydrogens (primary N) is 1. The molecule has 4 heteroatoms. The number of aliphatic hydroxyl groups is 1. The zero-order chi connectivity index (χ0) is 10.7. The molecular weight excluding hydrogens is 214 g/mol. The number of benzene rings is 1. The Hall–Kier alpha value is -0.770. The first kappa shape index (κ1) is 14.2. The van der Waals surface area contributed by atoms with Crippen molar-refractivity contribution >= 4 is 12.4 Å². The lowest BCUT2D eigenvalue weighted by Gasteiger charge is -2.18. The van der Waals surface area contributed by atoms with Crippen LogP contribution < -0.4 is 10.5 Å². The second kappa shape index (κ2) is 5.95. The average Bonchev–Trinajstić information content (AvgIpc) is 2.16. The minimum atomic E-state index is -0.676. The summed E-state index contributed by atoms with van der Waals surface area (Å²) >= 11 is 0. The van der Waals surface area contributed by atoms with Crippen LogP contribution in [0.4, 0.5) is 0 Å². The standard InChI is InChI=1S/C11H17NO2.ClH/c1-7-4-5-10(14-3)9(6-7)11(13)8(2)12;/h4-6,8,11,13H,12H2,1-3H3;1H. The maximum Gasteiger partial charge on any atom is 0.124 e. The third kappa shape index (κ3) is 3.38. The van der Waals surface area contributed by atoms with Gasteiger partial charge in [-0.1, -0.05) is 11.6 Å². The second-order valence-electron chi connectivity index (χ2n) is 3.55. The minimum Gasteiger partial charge on any atom is -0.496 e. The van der Waals surface area contributed by atoms with Crippen molar-refractivity contribution in [1.29, 1.82) is 0 Å². The molecule has 0 amide bonds. The lowest BCUT2D eigenvalue weighted by molar-refractivity contribution is 0.149. The van der Waals surface area contributed by atoms with Crippen molar-refractivity contribution in [3.63, 3.8) is 0 Å². The van der Waals surface area contributed by atoms with Gasteiger partial charge in [-0.25, -0.2) is 0 Å². The molecule has 1 aromatic rings. The molecule has 0 aliphatic carbocycles. The van der Waals surface area contributed by atoms with E-state index in [0.29, 0.717) is 5.75 Å². The summed E-state index contributed by atoms with van der Waals surface area (Å²) in [4.78, 5) is 0. The van der Waals surface area contributed by atoms with Gasteiger partial charge < -0.3 is 15.6 Å². The molecule has 2 unspecified atom stereocenters. The smallest absolute Gasteiger partial charge is 0.124 e. The Bertz CT molecular complexity index is 315. The molecule has 1 aromatic carbocycles. The van der Waals surface area contributed by atoms with E-state index < -0.39 is 6.10 Å². The summed E-state index contributed by atoms with van der Waals surface area (Å²) in [6, 6.07) is 5.38. The zero-order valence-corrected chi connectivity index (χ0v) is 10.0. The van der Waals surface area contributed by atoms with Crippen LogP contribution in [0.5, 0.6) is 5.75 Å². The molecule has 86 valence electrons. The van der Waals surface area contributed by atoms with Gasteiger partial charge in [0.2, 0.25) is 0 Å². The molecule has 0 aliphatic heterocycles. The second-order valence-corrected chi connectivity index (χ2v) is 3.55. The Labute approximate surface area is 96.7 Å². The molecule has 0 spiro atoms. The summed E-state index contributed by atoms with van der Waals surface area (Å²) in [7, 11) is 1.59. The van der Waals surface area contributed by atoms with Crippen LogP contribution in [0.15, 0.2) is 18.2 Å².